The number of hydrogen-bond donors (Lipinski definition) is 3. The number of nitrogens with zero attached hydrogens (tertiary/aromatic N) is 1. The smallest absolute Gasteiger partial charge is 0.264 e. The lowest BCUT2D eigenvalue weighted by Crippen LogP contribution is -2.53. The number of aliphatic hydroxyl groups is 1. The number of rotatable bonds is 6. The Labute approximate surface area is 241 Å². The van der Waals surface area contributed by atoms with Crippen LogP contribution in [0.15, 0.2) is 24.3 Å². The molecule has 3 N–H and O–H groups in total. The summed E-state index contributed by atoms with van der Waals surface area (Å²) in [6.07, 6.45) is -3.39. The van der Waals surface area contributed by atoms with Gasteiger partial charge >= 0.3 is 0 Å². The van der Waals surface area contributed by atoms with Crippen molar-refractivity contribution in [2.75, 3.05) is 19.3 Å². The van der Waals surface area contributed by atoms with Crippen molar-refractivity contribution in [3.63, 3.8) is 0 Å². The lowest BCUT2D eigenvalue weighted by atomic mass is 9.72. The fourth-order valence-corrected chi connectivity index (χ4v) is 7.13. The summed E-state index contributed by atoms with van der Waals surface area (Å²) in [5.41, 5.74) is -2.76. The van der Waals surface area contributed by atoms with Crippen molar-refractivity contribution in [2.45, 2.75) is 69.4 Å². The third-order valence-corrected chi connectivity index (χ3v) is 9.20. The van der Waals surface area contributed by atoms with Crippen molar-refractivity contribution in [2.24, 2.45) is 0 Å². The van der Waals surface area contributed by atoms with E-state index in [1.807, 2.05) is 4.90 Å². The van der Waals surface area contributed by atoms with E-state index in [-0.39, 0.29) is 46.7 Å². The van der Waals surface area contributed by atoms with E-state index >= 15 is 0 Å². The molecule has 42 heavy (non-hydrogen) atoms. The molecule has 6 atom stereocenters. The van der Waals surface area contributed by atoms with Crippen LogP contribution in [0.2, 0.25) is 0 Å². The molecule has 224 valence electrons. The predicted octanol–water partition coefficient (Wildman–Crippen LogP) is 1.36. The number of fused-ring (bicyclic) bond motifs is 3. The number of phenolic OH excluding ortho intramolecular Hbond substituents is 2. The zero-order valence-corrected chi connectivity index (χ0v) is 24.0. The molecule has 2 aliphatic carbocycles. The van der Waals surface area contributed by atoms with E-state index in [2.05, 4.69) is 0 Å². The zero-order chi connectivity index (χ0) is 30.3. The Bertz CT molecular complexity index is 1630. The first-order chi connectivity index (χ1) is 19.7. The van der Waals surface area contributed by atoms with Crippen molar-refractivity contribution in [3.8, 4) is 11.5 Å². The molecule has 0 spiro atoms. The Morgan fingerprint density at radius 1 is 1.07 bits per heavy atom. The number of ether oxygens (including phenoxy) is 2. The maximum atomic E-state index is 13.5. The predicted molar refractivity (Wildman–Crippen MR) is 145 cm³/mol. The lowest BCUT2D eigenvalue weighted by molar-refractivity contribution is -0.250. The van der Waals surface area contributed by atoms with Crippen LogP contribution < -0.4 is 0 Å². The van der Waals surface area contributed by atoms with E-state index in [4.69, 9.17) is 13.7 Å². The topological polar surface area (TPSA) is 177 Å². The average Bonchev–Trinajstić information content (AvgIpc) is 3.75. The number of ketones is 3. The van der Waals surface area contributed by atoms with Crippen LogP contribution in [0.1, 0.15) is 75.8 Å². The van der Waals surface area contributed by atoms with Gasteiger partial charge < -0.3 is 24.8 Å². The summed E-state index contributed by atoms with van der Waals surface area (Å²) in [6.45, 7) is 4.28. The molecule has 2 aliphatic heterocycles. The first-order valence-corrected chi connectivity index (χ1v) is 15.5. The van der Waals surface area contributed by atoms with Gasteiger partial charge in [-0.1, -0.05) is 24.3 Å². The molecule has 13 heteroatoms. The second kappa shape index (κ2) is 9.93. The monoisotopic (exact) mass is 601 g/mol. The molecule has 2 fully saturated rings. The maximum Gasteiger partial charge on any atom is 0.264 e. The third kappa shape index (κ3) is 4.74. The molecule has 0 amide bonds. The number of aromatic hydroxyl groups is 2. The molecule has 12 nitrogen and oxygen atoms in total. The number of hydrogen-bond acceptors (Lipinski definition) is 12. The highest BCUT2D eigenvalue weighted by atomic mass is 32.2. The molecule has 0 aromatic heterocycles. The fraction of sp³-hybridized carbons (Fsp3) is 0.483. The van der Waals surface area contributed by atoms with E-state index < -0.39 is 81.2 Å². The Morgan fingerprint density at radius 3 is 2.21 bits per heavy atom. The Kier molecular flexibility index (Phi) is 6.83. The summed E-state index contributed by atoms with van der Waals surface area (Å²) >= 11 is 0. The Morgan fingerprint density at radius 2 is 1.67 bits per heavy atom. The summed E-state index contributed by atoms with van der Waals surface area (Å²) in [5, 5.41) is 34.3. The number of Topliss-reactive ketones (excluding diaryl/α,β-unsaturated/α-hetero) is 1. The van der Waals surface area contributed by atoms with Crippen LogP contribution in [0.5, 0.6) is 11.5 Å². The van der Waals surface area contributed by atoms with E-state index in [9.17, 15) is 38.1 Å². The summed E-state index contributed by atoms with van der Waals surface area (Å²) < 4.78 is 41.5. The van der Waals surface area contributed by atoms with Crippen LogP contribution in [0.25, 0.3) is 0 Å². The third-order valence-electron chi connectivity index (χ3n) is 8.62. The summed E-state index contributed by atoms with van der Waals surface area (Å²) in [4.78, 5) is 41.6. The standard InChI is InChI=1S/C29H31NO11S/c1-13-28(41-42(3,37)38)18(30-8-9-30)10-20(39-13)40-19-12-29(36,14(2)31)11-17-21(19)27(35)23-22(26(17)34)24(32)15-6-4-5-7-16(15)25(23)33/h4-7,13,18-20,28,34-36H,8-12H2,1-3H3/t13-,18-,19-,20-,28+,29-/m0/s1. The maximum absolute atomic E-state index is 13.5. The molecule has 0 bridgehead atoms. The number of carbonyl (C=O) groups excluding carboxylic acids is 3. The van der Waals surface area contributed by atoms with Crippen LogP contribution in [0.3, 0.4) is 0 Å². The molecule has 0 unspecified atom stereocenters. The highest BCUT2D eigenvalue weighted by Gasteiger charge is 2.50. The average molecular weight is 602 g/mol. The lowest BCUT2D eigenvalue weighted by Gasteiger charge is -2.43. The number of benzene rings is 2. The SMILES string of the molecule is CC(=O)[C@]1(O)Cc2c(O)c3c(c(O)c2[C@@H](O[C@H]2C[C@H](N4CC4)[C@H](OS(C)(=O)=O)[C@H](C)O2)C1)C(=O)c1ccccc1C3=O. The Hall–Kier alpha value is -3.20. The molecule has 2 aromatic rings. The fourth-order valence-electron chi connectivity index (χ4n) is 6.44. The van der Waals surface area contributed by atoms with Crippen molar-refractivity contribution >= 4 is 27.5 Å². The number of carbonyl (C=O) groups is 3. The molecule has 0 saturated carbocycles. The summed E-state index contributed by atoms with van der Waals surface area (Å²) in [5.74, 6) is -3.14. The Balaban J connectivity index is 1.42. The van der Waals surface area contributed by atoms with Gasteiger partial charge in [0.05, 0.1) is 29.6 Å². The molecule has 2 aromatic carbocycles. The summed E-state index contributed by atoms with van der Waals surface area (Å²) in [6, 6.07) is 5.67. The van der Waals surface area contributed by atoms with E-state index in [1.165, 1.54) is 19.1 Å². The molecular weight excluding hydrogens is 570 g/mol. The largest absolute Gasteiger partial charge is 0.507 e. The minimum absolute atomic E-state index is 0.0215. The van der Waals surface area contributed by atoms with Gasteiger partial charge in [-0.25, -0.2) is 0 Å². The van der Waals surface area contributed by atoms with Gasteiger partial charge in [-0.15, -0.1) is 0 Å². The second-order valence-corrected chi connectivity index (χ2v) is 13.1. The highest BCUT2D eigenvalue weighted by molar-refractivity contribution is 7.86. The van der Waals surface area contributed by atoms with Crippen LogP contribution >= 0.6 is 0 Å². The van der Waals surface area contributed by atoms with Gasteiger partial charge in [0.25, 0.3) is 10.1 Å². The van der Waals surface area contributed by atoms with Crippen molar-refractivity contribution in [3.05, 3.63) is 57.6 Å². The zero-order valence-electron chi connectivity index (χ0n) is 23.2. The van der Waals surface area contributed by atoms with Gasteiger partial charge in [0.2, 0.25) is 0 Å². The van der Waals surface area contributed by atoms with Gasteiger partial charge in [-0.3, -0.25) is 23.5 Å². The minimum Gasteiger partial charge on any atom is -0.507 e. The summed E-state index contributed by atoms with van der Waals surface area (Å²) in [7, 11) is -3.79. The highest BCUT2D eigenvalue weighted by Crippen LogP contribution is 2.52. The molecule has 6 rings (SSSR count). The van der Waals surface area contributed by atoms with Crippen molar-refractivity contribution in [1.82, 2.24) is 4.90 Å². The molecule has 0 radical (unpaired) electrons. The second-order valence-electron chi connectivity index (χ2n) is 11.5. The van der Waals surface area contributed by atoms with E-state index in [1.54, 1.807) is 19.1 Å². The van der Waals surface area contributed by atoms with Gasteiger partial charge in [0.15, 0.2) is 23.6 Å². The molecule has 2 heterocycles. The first-order valence-electron chi connectivity index (χ1n) is 13.7. The van der Waals surface area contributed by atoms with Gasteiger partial charge in [-0.05, 0) is 13.8 Å². The van der Waals surface area contributed by atoms with Crippen LogP contribution in [0, 0.1) is 0 Å². The van der Waals surface area contributed by atoms with Crippen molar-refractivity contribution in [1.29, 1.82) is 0 Å². The van der Waals surface area contributed by atoms with Gasteiger partial charge in [0, 0.05) is 60.6 Å². The van der Waals surface area contributed by atoms with Gasteiger partial charge in [0.1, 0.15) is 23.2 Å². The normalized spacial score (nSPS) is 30.8. The van der Waals surface area contributed by atoms with Crippen LogP contribution in [-0.2, 0) is 35.0 Å². The minimum atomic E-state index is -3.79. The quantitative estimate of drug-likeness (QED) is 0.210. The molecule has 2 saturated heterocycles. The van der Waals surface area contributed by atoms with Gasteiger partial charge in [-0.2, -0.15) is 8.42 Å². The molecule has 4 aliphatic rings. The van der Waals surface area contributed by atoms with Crippen LogP contribution in [0.4, 0.5) is 0 Å². The van der Waals surface area contributed by atoms with E-state index in [0.29, 0.717) is 0 Å². The van der Waals surface area contributed by atoms with E-state index in [0.717, 1.165) is 19.3 Å². The van der Waals surface area contributed by atoms with Crippen LogP contribution in [-0.4, -0.2) is 95.5 Å². The molecular formula is C29H31NO11S. The van der Waals surface area contributed by atoms with Crippen molar-refractivity contribution < 1.29 is 51.8 Å². The number of phenols is 2. The first kappa shape index (κ1) is 28.9.